The Morgan fingerprint density at radius 3 is 2.21 bits per heavy atom. The standard InChI is InChI=1S/C12H25NO5S/c1-7-9(2)10(8-17-19(6,15)16)13-11(14)18-12(3,4)5/h9-10H,7-8H2,1-6H3,(H,13,14)/t9?,10-/m1/s1. The molecule has 0 spiro atoms. The number of hydrogen-bond donors (Lipinski definition) is 1. The van der Waals surface area contributed by atoms with Crippen LogP contribution in [-0.4, -0.2) is 39.0 Å². The number of alkyl carbamates (subject to hydrolysis) is 1. The summed E-state index contributed by atoms with van der Waals surface area (Å²) in [6.07, 6.45) is 1.19. The molecule has 0 aliphatic heterocycles. The summed E-state index contributed by atoms with van der Waals surface area (Å²) in [5, 5.41) is 2.65. The third-order valence-corrected chi connectivity index (χ3v) is 3.06. The van der Waals surface area contributed by atoms with Crippen molar-refractivity contribution in [3.8, 4) is 0 Å². The van der Waals surface area contributed by atoms with E-state index in [1.807, 2.05) is 13.8 Å². The first-order chi connectivity index (χ1) is 8.44. The fourth-order valence-electron chi connectivity index (χ4n) is 1.29. The van der Waals surface area contributed by atoms with Gasteiger partial charge in [0.1, 0.15) is 5.60 Å². The van der Waals surface area contributed by atoms with E-state index in [1.54, 1.807) is 20.8 Å². The van der Waals surface area contributed by atoms with Gasteiger partial charge in [-0.15, -0.1) is 0 Å². The van der Waals surface area contributed by atoms with E-state index in [1.165, 1.54) is 0 Å². The summed E-state index contributed by atoms with van der Waals surface area (Å²) < 4.78 is 31.9. The molecular formula is C12H25NO5S. The largest absolute Gasteiger partial charge is 0.444 e. The van der Waals surface area contributed by atoms with Crippen LogP contribution < -0.4 is 5.32 Å². The Morgan fingerprint density at radius 1 is 1.32 bits per heavy atom. The van der Waals surface area contributed by atoms with E-state index in [9.17, 15) is 13.2 Å². The first-order valence-electron chi connectivity index (χ1n) is 6.28. The summed E-state index contributed by atoms with van der Waals surface area (Å²) in [6.45, 7) is 9.06. The predicted molar refractivity (Wildman–Crippen MR) is 73.4 cm³/mol. The van der Waals surface area contributed by atoms with E-state index < -0.39 is 27.9 Å². The summed E-state index contributed by atoms with van der Waals surface area (Å²) in [4.78, 5) is 11.7. The van der Waals surface area contributed by atoms with Crippen LogP contribution in [0.2, 0.25) is 0 Å². The normalized spacial score (nSPS) is 15.7. The van der Waals surface area contributed by atoms with Gasteiger partial charge in [-0.1, -0.05) is 20.3 Å². The molecule has 0 rings (SSSR count). The van der Waals surface area contributed by atoms with E-state index in [4.69, 9.17) is 8.92 Å². The molecular weight excluding hydrogens is 270 g/mol. The second kappa shape index (κ2) is 7.09. The fourth-order valence-corrected chi connectivity index (χ4v) is 1.68. The zero-order chi connectivity index (χ0) is 15.3. The Hall–Kier alpha value is -0.820. The maximum atomic E-state index is 11.7. The molecule has 0 fully saturated rings. The van der Waals surface area contributed by atoms with Gasteiger partial charge in [0.05, 0.1) is 18.9 Å². The number of carbonyl (C=O) groups excluding carboxylic acids is 1. The van der Waals surface area contributed by atoms with Gasteiger partial charge in [0, 0.05) is 0 Å². The fraction of sp³-hybridized carbons (Fsp3) is 0.917. The molecule has 0 heterocycles. The molecule has 0 saturated carbocycles. The van der Waals surface area contributed by atoms with Crippen molar-refractivity contribution in [1.29, 1.82) is 0 Å². The Labute approximate surface area is 116 Å². The van der Waals surface area contributed by atoms with Crippen LogP contribution in [0.15, 0.2) is 0 Å². The van der Waals surface area contributed by atoms with Gasteiger partial charge in [0.15, 0.2) is 0 Å². The summed E-state index contributed by atoms with van der Waals surface area (Å²) in [5.74, 6) is 0.0780. The quantitative estimate of drug-likeness (QED) is 0.757. The number of nitrogens with one attached hydrogen (secondary N) is 1. The highest BCUT2D eigenvalue weighted by Crippen LogP contribution is 2.12. The van der Waals surface area contributed by atoms with Crippen molar-refractivity contribution in [1.82, 2.24) is 5.32 Å². The Bertz CT molecular complexity index is 385. The number of ether oxygens (including phenoxy) is 1. The molecule has 0 aromatic heterocycles. The molecule has 0 aromatic carbocycles. The van der Waals surface area contributed by atoms with Crippen molar-refractivity contribution in [3.05, 3.63) is 0 Å². The third-order valence-electron chi connectivity index (χ3n) is 2.49. The van der Waals surface area contributed by atoms with Gasteiger partial charge in [-0.2, -0.15) is 8.42 Å². The van der Waals surface area contributed by atoms with E-state index in [0.29, 0.717) is 0 Å². The Balaban J connectivity index is 4.56. The molecule has 0 radical (unpaired) electrons. The third kappa shape index (κ3) is 9.72. The zero-order valence-corrected chi connectivity index (χ0v) is 13.3. The number of amides is 1. The van der Waals surface area contributed by atoms with Gasteiger partial charge in [0.2, 0.25) is 0 Å². The van der Waals surface area contributed by atoms with E-state index in [2.05, 4.69) is 5.32 Å². The van der Waals surface area contributed by atoms with Crippen molar-refractivity contribution < 1.29 is 22.1 Å². The van der Waals surface area contributed by atoms with Crippen molar-refractivity contribution in [2.75, 3.05) is 12.9 Å². The lowest BCUT2D eigenvalue weighted by atomic mass is 10.0. The maximum Gasteiger partial charge on any atom is 0.407 e. The minimum Gasteiger partial charge on any atom is -0.444 e. The lowest BCUT2D eigenvalue weighted by Gasteiger charge is -2.26. The van der Waals surface area contributed by atoms with Crippen LogP contribution in [0.25, 0.3) is 0 Å². The molecule has 0 saturated heterocycles. The van der Waals surface area contributed by atoms with Crippen molar-refractivity contribution in [2.45, 2.75) is 52.7 Å². The average molecular weight is 295 g/mol. The predicted octanol–water partition coefficient (Wildman–Crippen LogP) is 1.90. The van der Waals surface area contributed by atoms with Crippen molar-refractivity contribution in [2.24, 2.45) is 5.92 Å². The van der Waals surface area contributed by atoms with E-state index in [0.717, 1.165) is 12.7 Å². The molecule has 0 aliphatic carbocycles. The second-order valence-electron chi connectivity index (χ2n) is 5.63. The van der Waals surface area contributed by atoms with Crippen LogP contribution in [0.4, 0.5) is 4.79 Å². The molecule has 0 bridgehead atoms. The van der Waals surface area contributed by atoms with Crippen LogP contribution in [0, 0.1) is 5.92 Å². The van der Waals surface area contributed by atoms with Gasteiger partial charge < -0.3 is 10.1 Å². The highest BCUT2D eigenvalue weighted by atomic mass is 32.2. The molecule has 7 heteroatoms. The van der Waals surface area contributed by atoms with Gasteiger partial charge in [-0.25, -0.2) is 4.79 Å². The van der Waals surface area contributed by atoms with Gasteiger partial charge >= 0.3 is 6.09 Å². The molecule has 2 atom stereocenters. The molecule has 1 unspecified atom stereocenters. The molecule has 0 aliphatic rings. The summed E-state index contributed by atoms with van der Waals surface area (Å²) in [6, 6.07) is -0.408. The second-order valence-corrected chi connectivity index (χ2v) is 7.27. The maximum absolute atomic E-state index is 11.7. The number of rotatable bonds is 6. The van der Waals surface area contributed by atoms with Crippen LogP contribution in [0.1, 0.15) is 41.0 Å². The average Bonchev–Trinajstić information content (AvgIpc) is 2.19. The zero-order valence-electron chi connectivity index (χ0n) is 12.5. The van der Waals surface area contributed by atoms with Crippen molar-refractivity contribution in [3.63, 3.8) is 0 Å². The number of carbonyl (C=O) groups is 1. The topological polar surface area (TPSA) is 81.7 Å². The van der Waals surface area contributed by atoms with Crippen LogP contribution in [0.3, 0.4) is 0 Å². The highest BCUT2D eigenvalue weighted by Gasteiger charge is 2.23. The SMILES string of the molecule is CCC(C)[C@@H](COS(C)(=O)=O)NC(=O)OC(C)(C)C. The lowest BCUT2D eigenvalue weighted by molar-refractivity contribution is 0.0465. The first kappa shape index (κ1) is 18.2. The van der Waals surface area contributed by atoms with Crippen molar-refractivity contribution >= 4 is 16.2 Å². The van der Waals surface area contributed by atoms with Crippen LogP contribution in [-0.2, 0) is 19.0 Å². The smallest absolute Gasteiger partial charge is 0.407 e. The first-order valence-corrected chi connectivity index (χ1v) is 8.10. The number of hydrogen-bond acceptors (Lipinski definition) is 5. The van der Waals surface area contributed by atoms with Gasteiger partial charge in [0.25, 0.3) is 10.1 Å². The highest BCUT2D eigenvalue weighted by molar-refractivity contribution is 7.85. The summed E-state index contributed by atoms with van der Waals surface area (Å²) >= 11 is 0. The van der Waals surface area contributed by atoms with Crippen LogP contribution in [0.5, 0.6) is 0 Å². The van der Waals surface area contributed by atoms with Gasteiger partial charge in [-0.3, -0.25) is 4.18 Å². The summed E-state index contributed by atoms with van der Waals surface area (Å²) in [7, 11) is -3.52. The molecule has 0 aromatic rings. The minimum absolute atomic E-state index is 0.0780. The van der Waals surface area contributed by atoms with E-state index in [-0.39, 0.29) is 12.5 Å². The van der Waals surface area contributed by atoms with E-state index >= 15 is 0 Å². The lowest BCUT2D eigenvalue weighted by Crippen LogP contribution is -2.45. The molecule has 1 N–H and O–H groups in total. The molecule has 6 nitrogen and oxygen atoms in total. The van der Waals surface area contributed by atoms with Gasteiger partial charge in [-0.05, 0) is 26.7 Å². The Morgan fingerprint density at radius 2 is 1.84 bits per heavy atom. The van der Waals surface area contributed by atoms with Crippen LogP contribution >= 0.6 is 0 Å². The molecule has 114 valence electrons. The molecule has 19 heavy (non-hydrogen) atoms. The minimum atomic E-state index is -3.52. The Kier molecular flexibility index (Phi) is 6.79. The monoisotopic (exact) mass is 295 g/mol. The summed E-state index contributed by atoms with van der Waals surface area (Å²) in [5.41, 5.74) is -0.595. The molecule has 1 amide bonds.